The lowest BCUT2D eigenvalue weighted by Crippen LogP contribution is -2.45. The molecule has 3 heterocycles. The highest BCUT2D eigenvalue weighted by Crippen LogP contribution is 2.36. The first kappa shape index (κ1) is 19.9. The molecule has 0 spiro atoms. The number of halogens is 1. The van der Waals surface area contributed by atoms with E-state index < -0.39 is 11.9 Å². The molecule has 2 amide bonds. The number of benzene rings is 1. The van der Waals surface area contributed by atoms with E-state index in [9.17, 15) is 19.1 Å². The summed E-state index contributed by atoms with van der Waals surface area (Å²) >= 11 is 1.26. The predicted molar refractivity (Wildman–Crippen MR) is 110 cm³/mol. The van der Waals surface area contributed by atoms with Crippen LogP contribution >= 0.6 is 11.8 Å². The van der Waals surface area contributed by atoms with Crippen LogP contribution in [0.15, 0.2) is 28.1 Å². The number of likely N-dealkylation sites (tertiary alicyclic amines) is 1. The molecule has 3 aliphatic heterocycles. The number of aliphatic imine (C=N–C) groups is 1. The fourth-order valence-electron chi connectivity index (χ4n) is 3.96. The fraction of sp³-hybridized carbons (Fsp3) is 0.450. The molecule has 1 aromatic carbocycles. The molecule has 4 rings (SSSR count). The van der Waals surface area contributed by atoms with Crippen molar-refractivity contribution in [1.82, 2.24) is 15.3 Å². The summed E-state index contributed by atoms with van der Waals surface area (Å²) in [4.78, 5) is 30.1. The van der Waals surface area contributed by atoms with E-state index in [1.807, 2.05) is 5.01 Å². The molecule has 1 unspecified atom stereocenters. The SMILES string of the molecule is O=C1N=C(N2CCCCN2)S/C1=C/c1cc(F)ccc1C1CCCCN1C(=O)O. The van der Waals surface area contributed by atoms with Crippen molar-refractivity contribution in [2.24, 2.45) is 4.99 Å². The van der Waals surface area contributed by atoms with Gasteiger partial charge in [0.2, 0.25) is 0 Å². The minimum Gasteiger partial charge on any atom is -0.465 e. The molecule has 0 saturated carbocycles. The molecule has 154 valence electrons. The molecule has 0 bridgehead atoms. The van der Waals surface area contributed by atoms with Crippen LogP contribution in [0.2, 0.25) is 0 Å². The molecular formula is C20H23FN4O3S. The topological polar surface area (TPSA) is 85.2 Å². The number of hydrogen-bond donors (Lipinski definition) is 2. The van der Waals surface area contributed by atoms with Crippen LogP contribution in [0.3, 0.4) is 0 Å². The Morgan fingerprint density at radius 2 is 2.10 bits per heavy atom. The average Bonchev–Trinajstić information content (AvgIpc) is 3.09. The van der Waals surface area contributed by atoms with Gasteiger partial charge in [-0.25, -0.2) is 14.6 Å². The van der Waals surface area contributed by atoms with Crippen molar-refractivity contribution < 1.29 is 19.1 Å². The lowest BCUT2D eigenvalue weighted by Gasteiger charge is -2.34. The van der Waals surface area contributed by atoms with Crippen molar-refractivity contribution in [3.8, 4) is 0 Å². The van der Waals surface area contributed by atoms with Gasteiger partial charge in [-0.2, -0.15) is 4.99 Å². The molecule has 0 radical (unpaired) electrons. The van der Waals surface area contributed by atoms with E-state index in [-0.39, 0.29) is 11.9 Å². The number of hydrazine groups is 1. The monoisotopic (exact) mass is 418 g/mol. The van der Waals surface area contributed by atoms with E-state index in [4.69, 9.17) is 0 Å². The zero-order valence-corrected chi connectivity index (χ0v) is 16.8. The van der Waals surface area contributed by atoms with Crippen LogP contribution in [0, 0.1) is 5.82 Å². The van der Waals surface area contributed by atoms with Crippen molar-refractivity contribution in [2.75, 3.05) is 19.6 Å². The van der Waals surface area contributed by atoms with Gasteiger partial charge in [0.1, 0.15) is 5.82 Å². The van der Waals surface area contributed by atoms with E-state index in [0.717, 1.165) is 44.3 Å². The molecule has 9 heteroatoms. The highest BCUT2D eigenvalue weighted by molar-refractivity contribution is 8.18. The van der Waals surface area contributed by atoms with Crippen LogP contribution in [0.1, 0.15) is 49.3 Å². The standard InChI is InChI=1S/C20H23FN4O3S/c21-14-6-7-15(16-5-1-3-9-24(16)20(27)28)13(11-14)12-17-18(26)23-19(29-17)25-10-4-2-8-22-25/h6-7,11-12,16,22H,1-5,8-10H2,(H,27,28)/b17-12+. The van der Waals surface area contributed by atoms with Crippen LogP contribution in [-0.4, -0.2) is 51.8 Å². The molecule has 1 aromatic rings. The Labute approximate surface area is 172 Å². The first-order valence-corrected chi connectivity index (χ1v) is 10.7. The molecular weight excluding hydrogens is 395 g/mol. The third-order valence-corrected chi connectivity index (χ3v) is 6.40. The fourth-order valence-corrected chi connectivity index (χ4v) is 4.87. The van der Waals surface area contributed by atoms with Gasteiger partial charge < -0.3 is 10.0 Å². The van der Waals surface area contributed by atoms with Gasteiger partial charge in [-0.05, 0) is 73.2 Å². The number of rotatable bonds is 2. The van der Waals surface area contributed by atoms with Gasteiger partial charge >= 0.3 is 6.09 Å². The summed E-state index contributed by atoms with van der Waals surface area (Å²) in [6, 6.07) is 3.99. The summed E-state index contributed by atoms with van der Waals surface area (Å²) in [5, 5.41) is 12.1. The number of carboxylic acid groups (broad SMARTS) is 1. The van der Waals surface area contributed by atoms with Crippen molar-refractivity contribution in [1.29, 1.82) is 0 Å². The summed E-state index contributed by atoms with van der Waals surface area (Å²) in [6.07, 6.45) is 5.17. The first-order valence-electron chi connectivity index (χ1n) is 9.85. The van der Waals surface area contributed by atoms with E-state index >= 15 is 0 Å². The van der Waals surface area contributed by atoms with Gasteiger partial charge in [-0.15, -0.1) is 0 Å². The number of piperidine rings is 1. The van der Waals surface area contributed by atoms with Gasteiger partial charge in [0.05, 0.1) is 10.9 Å². The largest absolute Gasteiger partial charge is 0.465 e. The molecule has 2 saturated heterocycles. The highest BCUT2D eigenvalue weighted by atomic mass is 32.2. The number of nitrogens with one attached hydrogen (secondary N) is 1. The molecule has 1 atom stereocenters. The van der Waals surface area contributed by atoms with Crippen LogP contribution in [0.4, 0.5) is 9.18 Å². The number of hydrogen-bond acceptors (Lipinski definition) is 5. The summed E-state index contributed by atoms with van der Waals surface area (Å²) in [5.74, 6) is -0.779. The minimum absolute atomic E-state index is 0.348. The number of carbonyl (C=O) groups is 2. The molecule has 7 nitrogen and oxygen atoms in total. The van der Waals surface area contributed by atoms with Crippen LogP contribution in [0.25, 0.3) is 6.08 Å². The van der Waals surface area contributed by atoms with Crippen molar-refractivity contribution >= 4 is 35.0 Å². The summed E-state index contributed by atoms with van der Waals surface area (Å²) in [7, 11) is 0. The molecule has 2 fully saturated rings. The average molecular weight is 418 g/mol. The quantitative estimate of drug-likeness (QED) is 0.714. The lowest BCUT2D eigenvalue weighted by molar-refractivity contribution is -0.113. The number of amides is 2. The number of thioether (sulfide) groups is 1. The zero-order chi connectivity index (χ0) is 20.4. The predicted octanol–water partition coefficient (Wildman–Crippen LogP) is 3.60. The minimum atomic E-state index is -0.981. The maximum Gasteiger partial charge on any atom is 0.407 e. The second-order valence-corrected chi connectivity index (χ2v) is 8.35. The maximum absolute atomic E-state index is 14.0. The zero-order valence-electron chi connectivity index (χ0n) is 15.9. The normalized spacial score (nSPS) is 24.2. The second kappa shape index (κ2) is 8.54. The van der Waals surface area contributed by atoms with Gasteiger partial charge in [0, 0.05) is 19.6 Å². The molecule has 0 aromatic heterocycles. The third kappa shape index (κ3) is 4.30. The number of carbonyl (C=O) groups excluding carboxylic acids is 1. The van der Waals surface area contributed by atoms with Crippen molar-refractivity contribution in [3.05, 3.63) is 40.0 Å². The Bertz CT molecular complexity index is 882. The van der Waals surface area contributed by atoms with Gasteiger partial charge in [-0.3, -0.25) is 9.80 Å². The Kier molecular flexibility index (Phi) is 5.86. The van der Waals surface area contributed by atoms with Crippen LogP contribution < -0.4 is 5.43 Å². The smallest absolute Gasteiger partial charge is 0.407 e. The van der Waals surface area contributed by atoms with Gasteiger partial charge in [-0.1, -0.05) is 6.07 Å². The molecule has 2 N–H and O–H groups in total. The maximum atomic E-state index is 14.0. The number of amidine groups is 1. The van der Waals surface area contributed by atoms with Crippen molar-refractivity contribution in [3.63, 3.8) is 0 Å². The third-order valence-electron chi connectivity index (χ3n) is 5.39. The highest BCUT2D eigenvalue weighted by Gasteiger charge is 2.31. The number of nitrogens with zero attached hydrogens (tertiary/aromatic N) is 3. The Morgan fingerprint density at radius 3 is 2.86 bits per heavy atom. The molecule has 0 aliphatic carbocycles. The van der Waals surface area contributed by atoms with Crippen molar-refractivity contribution in [2.45, 2.75) is 38.1 Å². The van der Waals surface area contributed by atoms with E-state index in [2.05, 4.69) is 10.4 Å². The Morgan fingerprint density at radius 1 is 1.28 bits per heavy atom. The molecule has 29 heavy (non-hydrogen) atoms. The Hall–Kier alpha value is -2.39. The summed E-state index contributed by atoms with van der Waals surface area (Å²) < 4.78 is 14.0. The van der Waals surface area contributed by atoms with Gasteiger partial charge in [0.15, 0.2) is 5.17 Å². The summed E-state index contributed by atoms with van der Waals surface area (Å²) in [6.45, 7) is 2.08. The van der Waals surface area contributed by atoms with E-state index in [1.54, 1.807) is 12.1 Å². The summed E-state index contributed by atoms with van der Waals surface area (Å²) in [5.41, 5.74) is 4.48. The molecule has 3 aliphatic rings. The van der Waals surface area contributed by atoms with E-state index in [1.165, 1.54) is 28.8 Å². The van der Waals surface area contributed by atoms with Crippen LogP contribution in [0.5, 0.6) is 0 Å². The van der Waals surface area contributed by atoms with Crippen LogP contribution in [-0.2, 0) is 4.79 Å². The van der Waals surface area contributed by atoms with E-state index in [0.29, 0.717) is 28.6 Å². The second-order valence-electron chi connectivity index (χ2n) is 7.34. The van der Waals surface area contributed by atoms with Gasteiger partial charge in [0.25, 0.3) is 5.91 Å². The lowest BCUT2D eigenvalue weighted by atomic mass is 9.91. The first-order chi connectivity index (χ1) is 14.0. The Balaban J connectivity index is 1.63.